The van der Waals surface area contributed by atoms with Crippen molar-refractivity contribution >= 4 is 0 Å². The summed E-state index contributed by atoms with van der Waals surface area (Å²) in [7, 11) is 1.42. The molecule has 0 spiro atoms. The third-order valence-corrected chi connectivity index (χ3v) is 2.71. The number of aromatic hydroxyl groups is 1. The molecule has 82 valence electrons. The lowest BCUT2D eigenvalue weighted by atomic mass is 10.0. The highest BCUT2D eigenvalue weighted by atomic mass is 19.3. The monoisotopic (exact) mass is 215 g/mol. The van der Waals surface area contributed by atoms with Crippen molar-refractivity contribution in [2.45, 2.75) is 17.9 Å². The van der Waals surface area contributed by atoms with Crippen LogP contribution in [-0.2, 0) is 5.54 Å². The lowest BCUT2D eigenvalue weighted by Gasteiger charge is -2.13. The van der Waals surface area contributed by atoms with Gasteiger partial charge in [-0.25, -0.2) is 8.78 Å². The SMILES string of the molecule is COc1ccc(O)c(C2(N)CC2(F)F)c1. The van der Waals surface area contributed by atoms with Gasteiger partial charge in [-0.15, -0.1) is 0 Å². The maximum absolute atomic E-state index is 13.0. The zero-order valence-corrected chi connectivity index (χ0v) is 8.13. The molecule has 15 heavy (non-hydrogen) atoms. The number of phenolic OH excluding ortho intramolecular Hbond substituents is 1. The molecule has 0 saturated heterocycles. The van der Waals surface area contributed by atoms with Crippen LogP contribution in [0.1, 0.15) is 12.0 Å². The summed E-state index contributed by atoms with van der Waals surface area (Å²) < 4.78 is 30.9. The number of benzene rings is 1. The number of methoxy groups -OCH3 is 1. The fraction of sp³-hybridized carbons (Fsp3) is 0.400. The van der Waals surface area contributed by atoms with Crippen molar-refractivity contribution < 1.29 is 18.6 Å². The van der Waals surface area contributed by atoms with Crippen LogP contribution in [0.3, 0.4) is 0 Å². The van der Waals surface area contributed by atoms with Crippen molar-refractivity contribution in [3.63, 3.8) is 0 Å². The Bertz CT molecular complexity index is 408. The van der Waals surface area contributed by atoms with E-state index in [1.54, 1.807) is 0 Å². The first kappa shape index (κ1) is 10.2. The van der Waals surface area contributed by atoms with E-state index >= 15 is 0 Å². The number of nitrogens with two attached hydrogens (primary N) is 1. The number of halogens is 2. The summed E-state index contributed by atoms with van der Waals surface area (Å²) in [4.78, 5) is 0. The third kappa shape index (κ3) is 1.34. The van der Waals surface area contributed by atoms with Crippen LogP contribution in [0.15, 0.2) is 18.2 Å². The molecule has 0 aromatic heterocycles. The van der Waals surface area contributed by atoms with E-state index < -0.39 is 17.9 Å². The Hall–Kier alpha value is -1.36. The molecular formula is C10H11F2NO2. The summed E-state index contributed by atoms with van der Waals surface area (Å²) in [5, 5.41) is 9.47. The summed E-state index contributed by atoms with van der Waals surface area (Å²) >= 11 is 0. The smallest absolute Gasteiger partial charge is 0.272 e. The summed E-state index contributed by atoms with van der Waals surface area (Å²) in [5.41, 5.74) is 3.79. The predicted octanol–water partition coefficient (Wildman–Crippen LogP) is 1.59. The topological polar surface area (TPSA) is 55.5 Å². The standard InChI is InChI=1S/C10H11F2NO2/c1-15-6-2-3-8(14)7(4-6)9(13)5-10(9,11)12/h2-4,14H,5,13H2,1H3. The lowest BCUT2D eigenvalue weighted by molar-refractivity contribution is 0.0883. The second-order valence-electron chi connectivity index (χ2n) is 3.74. The Balaban J connectivity index is 2.45. The molecule has 5 heteroatoms. The number of hydrogen-bond acceptors (Lipinski definition) is 3. The first-order valence-corrected chi connectivity index (χ1v) is 4.45. The molecule has 1 aromatic rings. The number of alkyl halides is 2. The number of rotatable bonds is 2. The van der Waals surface area contributed by atoms with E-state index in [-0.39, 0.29) is 11.3 Å². The molecule has 0 heterocycles. The molecule has 1 aromatic carbocycles. The molecule has 1 aliphatic carbocycles. The van der Waals surface area contributed by atoms with E-state index in [0.29, 0.717) is 5.75 Å². The van der Waals surface area contributed by atoms with Crippen molar-refractivity contribution in [1.29, 1.82) is 0 Å². The molecule has 1 aliphatic rings. The van der Waals surface area contributed by atoms with Gasteiger partial charge in [0.15, 0.2) is 0 Å². The summed E-state index contributed by atoms with van der Waals surface area (Å²) in [5.74, 6) is -2.78. The Labute approximate surface area is 85.5 Å². The minimum absolute atomic E-state index is 0.0341. The molecule has 1 fully saturated rings. The Kier molecular flexibility index (Phi) is 1.91. The lowest BCUT2D eigenvalue weighted by Crippen LogP contribution is -2.27. The largest absolute Gasteiger partial charge is 0.508 e. The van der Waals surface area contributed by atoms with Crippen molar-refractivity contribution in [1.82, 2.24) is 0 Å². The Morgan fingerprint density at radius 2 is 2.07 bits per heavy atom. The molecule has 0 radical (unpaired) electrons. The van der Waals surface area contributed by atoms with Gasteiger partial charge >= 0.3 is 0 Å². The molecule has 1 unspecified atom stereocenters. The summed E-state index contributed by atoms with van der Waals surface area (Å²) in [6.45, 7) is 0. The maximum atomic E-state index is 13.0. The van der Waals surface area contributed by atoms with E-state index in [2.05, 4.69) is 0 Å². The van der Waals surface area contributed by atoms with Crippen LogP contribution < -0.4 is 10.5 Å². The highest BCUT2D eigenvalue weighted by Crippen LogP contribution is 2.59. The molecule has 0 aliphatic heterocycles. The highest BCUT2D eigenvalue weighted by Gasteiger charge is 2.70. The Morgan fingerprint density at radius 1 is 1.47 bits per heavy atom. The molecule has 0 bridgehead atoms. The molecule has 1 atom stereocenters. The van der Waals surface area contributed by atoms with E-state index in [0.717, 1.165) is 0 Å². The maximum Gasteiger partial charge on any atom is 0.272 e. The quantitative estimate of drug-likeness (QED) is 0.787. The Morgan fingerprint density at radius 3 is 2.53 bits per heavy atom. The van der Waals surface area contributed by atoms with E-state index in [1.165, 1.54) is 25.3 Å². The van der Waals surface area contributed by atoms with Gasteiger partial charge < -0.3 is 15.6 Å². The van der Waals surface area contributed by atoms with Gasteiger partial charge in [-0.3, -0.25) is 0 Å². The molecule has 3 nitrogen and oxygen atoms in total. The second kappa shape index (κ2) is 2.82. The van der Waals surface area contributed by atoms with Crippen LogP contribution in [0.2, 0.25) is 0 Å². The normalized spacial score (nSPS) is 27.5. The van der Waals surface area contributed by atoms with Gasteiger partial charge in [-0.05, 0) is 18.2 Å². The average Bonchev–Trinajstić information content (AvgIpc) is 2.68. The van der Waals surface area contributed by atoms with Crippen LogP contribution in [0.5, 0.6) is 11.5 Å². The van der Waals surface area contributed by atoms with Crippen LogP contribution >= 0.6 is 0 Å². The van der Waals surface area contributed by atoms with Crippen molar-refractivity contribution in [3.05, 3.63) is 23.8 Å². The molecular weight excluding hydrogens is 204 g/mol. The van der Waals surface area contributed by atoms with Crippen LogP contribution in [0, 0.1) is 0 Å². The zero-order chi connectivity index (χ0) is 11.3. The fourth-order valence-corrected chi connectivity index (χ4v) is 1.60. The number of ether oxygens (including phenoxy) is 1. The van der Waals surface area contributed by atoms with Crippen molar-refractivity contribution in [2.24, 2.45) is 5.73 Å². The predicted molar refractivity (Wildman–Crippen MR) is 50.1 cm³/mol. The minimum Gasteiger partial charge on any atom is -0.508 e. The van der Waals surface area contributed by atoms with Crippen molar-refractivity contribution in [2.75, 3.05) is 7.11 Å². The first-order valence-electron chi connectivity index (χ1n) is 4.45. The third-order valence-electron chi connectivity index (χ3n) is 2.71. The molecule has 2 rings (SSSR count). The molecule has 1 saturated carbocycles. The van der Waals surface area contributed by atoms with E-state index in [9.17, 15) is 13.9 Å². The van der Waals surface area contributed by atoms with E-state index in [4.69, 9.17) is 10.5 Å². The first-order chi connectivity index (χ1) is 6.90. The van der Waals surface area contributed by atoms with Gasteiger partial charge in [0.2, 0.25) is 0 Å². The van der Waals surface area contributed by atoms with Crippen LogP contribution in [0.4, 0.5) is 8.78 Å². The second-order valence-corrected chi connectivity index (χ2v) is 3.74. The number of phenols is 1. The minimum atomic E-state index is -2.95. The van der Waals surface area contributed by atoms with Gasteiger partial charge in [0, 0.05) is 12.0 Å². The summed E-state index contributed by atoms with van der Waals surface area (Å²) in [6.07, 6.45) is -0.444. The van der Waals surface area contributed by atoms with Gasteiger partial charge in [-0.2, -0.15) is 0 Å². The zero-order valence-electron chi connectivity index (χ0n) is 8.13. The van der Waals surface area contributed by atoms with Gasteiger partial charge in [0.25, 0.3) is 5.92 Å². The van der Waals surface area contributed by atoms with Gasteiger partial charge in [-0.1, -0.05) is 0 Å². The highest BCUT2D eigenvalue weighted by molar-refractivity contribution is 5.48. The number of hydrogen-bond donors (Lipinski definition) is 2. The van der Waals surface area contributed by atoms with Crippen LogP contribution in [-0.4, -0.2) is 18.1 Å². The molecule has 0 amide bonds. The fourth-order valence-electron chi connectivity index (χ4n) is 1.60. The van der Waals surface area contributed by atoms with Gasteiger partial charge in [0.05, 0.1) is 7.11 Å². The summed E-state index contributed by atoms with van der Waals surface area (Å²) in [6, 6.07) is 4.14. The van der Waals surface area contributed by atoms with Crippen molar-refractivity contribution in [3.8, 4) is 11.5 Å². The van der Waals surface area contributed by atoms with Gasteiger partial charge in [0.1, 0.15) is 17.0 Å². The average molecular weight is 215 g/mol. The van der Waals surface area contributed by atoms with E-state index in [1.807, 2.05) is 0 Å². The molecule has 3 N–H and O–H groups in total. The van der Waals surface area contributed by atoms with Crippen LogP contribution in [0.25, 0.3) is 0 Å².